The summed E-state index contributed by atoms with van der Waals surface area (Å²) in [5.74, 6) is 0.737. The Morgan fingerprint density at radius 2 is 1.62 bits per heavy atom. The lowest BCUT2D eigenvalue weighted by molar-refractivity contribution is 0.312. The molecule has 0 aliphatic carbocycles. The number of rotatable bonds is 3. The van der Waals surface area contributed by atoms with Crippen molar-refractivity contribution in [1.82, 2.24) is 4.90 Å². The molecule has 78 valence electrons. The van der Waals surface area contributed by atoms with Crippen LogP contribution in [0.4, 0.5) is 0 Å². The van der Waals surface area contributed by atoms with Crippen molar-refractivity contribution in [2.24, 2.45) is 5.41 Å². The van der Waals surface area contributed by atoms with Crippen molar-refractivity contribution in [3.63, 3.8) is 0 Å². The van der Waals surface area contributed by atoms with Gasteiger partial charge in [-0.1, -0.05) is 34.6 Å². The van der Waals surface area contributed by atoms with Crippen LogP contribution < -0.4 is 0 Å². The summed E-state index contributed by atoms with van der Waals surface area (Å²) in [6.07, 6.45) is 2.23. The topological polar surface area (TPSA) is 27.1 Å². The minimum Gasteiger partial charge on any atom is -0.360 e. The summed E-state index contributed by atoms with van der Waals surface area (Å²) in [7, 11) is 2.03. The lowest BCUT2D eigenvalue weighted by Crippen LogP contribution is -2.42. The van der Waals surface area contributed by atoms with Crippen molar-refractivity contribution < 1.29 is 0 Å². The van der Waals surface area contributed by atoms with Crippen LogP contribution in [0, 0.1) is 10.8 Å². The fourth-order valence-corrected chi connectivity index (χ4v) is 1.55. The molecule has 0 aliphatic heterocycles. The first-order valence-electron chi connectivity index (χ1n) is 5.16. The molecule has 0 fully saturated rings. The van der Waals surface area contributed by atoms with Crippen LogP contribution in [0.25, 0.3) is 0 Å². The van der Waals surface area contributed by atoms with Gasteiger partial charge in [0.1, 0.15) is 5.84 Å². The molecule has 0 amide bonds. The fraction of sp³-hybridized carbons (Fsp3) is 0.909. The van der Waals surface area contributed by atoms with Gasteiger partial charge in [-0.15, -0.1) is 0 Å². The molecule has 0 aromatic heterocycles. The molecule has 1 N–H and O–H groups in total. The third kappa shape index (κ3) is 3.37. The summed E-state index contributed by atoms with van der Waals surface area (Å²) in [5, 5.41) is 8.01. The van der Waals surface area contributed by atoms with Crippen LogP contribution in [0.3, 0.4) is 0 Å². The molecular weight excluding hydrogens is 160 g/mol. The van der Waals surface area contributed by atoms with Gasteiger partial charge in [-0.05, 0) is 12.8 Å². The Morgan fingerprint density at radius 1 is 1.23 bits per heavy atom. The molecule has 0 rings (SSSR count). The fourth-order valence-electron chi connectivity index (χ4n) is 1.55. The summed E-state index contributed by atoms with van der Waals surface area (Å²) >= 11 is 0. The Labute approximate surface area is 82.8 Å². The van der Waals surface area contributed by atoms with E-state index in [2.05, 4.69) is 39.5 Å². The molecule has 0 heterocycles. The SMILES string of the molecule is CCC(CC)N(C)C(=N)C(C)(C)C. The molecular formula is C11H24N2. The van der Waals surface area contributed by atoms with E-state index in [4.69, 9.17) is 5.41 Å². The van der Waals surface area contributed by atoms with Gasteiger partial charge >= 0.3 is 0 Å². The van der Waals surface area contributed by atoms with Gasteiger partial charge in [0.15, 0.2) is 0 Å². The molecule has 13 heavy (non-hydrogen) atoms. The maximum Gasteiger partial charge on any atom is 0.101 e. The number of nitrogens with one attached hydrogen (secondary N) is 1. The molecule has 0 unspecified atom stereocenters. The highest BCUT2D eigenvalue weighted by Gasteiger charge is 2.24. The summed E-state index contributed by atoms with van der Waals surface area (Å²) in [6.45, 7) is 10.6. The Balaban J connectivity index is 4.41. The Bertz CT molecular complexity index is 163. The minimum absolute atomic E-state index is 0.0304. The number of amidine groups is 1. The second-order valence-electron chi connectivity index (χ2n) is 4.68. The van der Waals surface area contributed by atoms with E-state index in [-0.39, 0.29) is 5.41 Å². The lowest BCUT2D eigenvalue weighted by Gasteiger charge is -2.34. The summed E-state index contributed by atoms with van der Waals surface area (Å²) in [4.78, 5) is 2.11. The first kappa shape index (κ1) is 12.5. The average Bonchev–Trinajstić information content (AvgIpc) is 2.03. The maximum atomic E-state index is 8.01. The first-order chi connectivity index (χ1) is 5.84. The zero-order valence-corrected chi connectivity index (χ0v) is 9.94. The highest BCUT2D eigenvalue weighted by atomic mass is 15.2. The molecule has 2 heteroatoms. The van der Waals surface area contributed by atoms with E-state index in [1.54, 1.807) is 0 Å². The van der Waals surface area contributed by atoms with Crippen molar-refractivity contribution in [3.05, 3.63) is 0 Å². The highest BCUT2D eigenvalue weighted by molar-refractivity contribution is 5.84. The maximum absolute atomic E-state index is 8.01. The van der Waals surface area contributed by atoms with Crippen LogP contribution in [0.5, 0.6) is 0 Å². The molecule has 0 aromatic carbocycles. The molecule has 0 atom stereocenters. The zero-order valence-electron chi connectivity index (χ0n) is 9.94. The van der Waals surface area contributed by atoms with Crippen LogP contribution >= 0.6 is 0 Å². The van der Waals surface area contributed by atoms with Crippen molar-refractivity contribution in [3.8, 4) is 0 Å². The van der Waals surface area contributed by atoms with Gasteiger partial charge in [0.05, 0.1) is 0 Å². The van der Waals surface area contributed by atoms with E-state index in [0.717, 1.165) is 18.7 Å². The predicted molar refractivity (Wildman–Crippen MR) is 59.3 cm³/mol. The van der Waals surface area contributed by atoms with Gasteiger partial charge in [-0.3, -0.25) is 5.41 Å². The molecule has 0 bridgehead atoms. The number of nitrogens with zero attached hydrogens (tertiary/aromatic N) is 1. The monoisotopic (exact) mass is 184 g/mol. The molecule has 0 spiro atoms. The van der Waals surface area contributed by atoms with Gasteiger partial charge in [0.25, 0.3) is 0 Å². The molecule has 0 aromatic rings. The van der Waals surface area contributed by atoms with E-state index in [9.17, 15) is 0 Å². The third-order valence-corrected chi connectivity index (χ3v) is 2.55. The van der Waals surface area contributed by atoms with Crippen molar-refractivity contribution in [2.45, 2.75) is 53.5 Å². The lowest BCUT2D eigenvalue weighted by atomic mass is 9.93. The van der Waals surface area contributed by atoms with Gasteiger partial charge < -0.3 is 4.90 Å². The van der Waals surface area contributed by atoms with E-state index in [1.165, 1.54) is 0 Å². The van der Waals surface area contributed by atoms with Gasteiger partial charge in [0.2, 0.25) is 0 Å². The quantitative estimate of drug-likeness (QED) is 0.529. The van der Waals surface area contributed by atoms with Gasteiger partial charge in [-0.2, -0.15) is 0 Å². The van der Waals surface area contributed by atoms with Crippen LogP contribution in [-0.4, -0.2) is 23.8 Å². The number of hydrogen-bond donors (Lipinski definition) is 1. The van der Waals surface area contributed by atoms with Gasteiger partial charge in [0, 0.05) is 18.5 Å². The molecule has 0 radical (unpaired) electrons. The standard InChI is InChI=1S/C11H24N2/c1-7-9(8-2)13(6)10(12)11(3,4)5/h9,12H,7-8H2,1-6H3. The van der Waals surface area contributed by atoms with Crippen LogP contribution in [0.2, 0.25) is 0 Å². The second kappa shape index (κ2) is 4.64. The zero-order chi connectivity index (χ0) is 10.6. The predicted octanol–water partition coefficient (Wildman–Crippen LogP) is 3.13. The molecule has 0 aliphatic rings. The molecule has 0 saturated heterocycles. The smallest absolute Gasteiger partial charge is 0.101 e. The van der Waals surface area contributed by atoms with Crippen LogP contribution in [0.15, 0.2) is 0 Å². The minimum atomic E-state index is -0.0304. The van der Waals surface area contributed by atoms with E-state index in [0.29, 0.717) is 6.04 Å². The summed E-state index contributed by atoms with van der Waals surface area (Å²) < 4.78 is 0. The Kier molecular flexibility index (Phi) is 4.45. The van der Waals surface area contributed by atoms with Crippen molar-refractivity contribution in [2.75, 3.05) is 7.05 Å². The van der Waals surface area contributed by atoms with Crippen LogP contribution in [-0.2, 0) is 0 Å². The van der Waals surface area contributed by atoms with Gasteiger partial charge in [-0.25, -0.2) is 0 Å². The van der Waals surface area contributed by atoms with E-state index < -0.39 is 0 Å². The average molecular weight is 184 g/mol. The molecule has 0 saturated carbocycles. The Hall–Kier alpha value is -0.530. The first-order valence-corrected chi connectivity index (χ1v) is 5.16. The van der Waals surface area contributed by atoms with Crippen LogP contribution in [0.1, 0.15) is 47.5 Å². The number of hydrogen-bond acceptors (Lipinski definition) is 1. The summed E-state index contributed by atoms with van der Waals surface area (Å²) in [6, 6.07) is 0.520. The largest absolute Gasteiger partial charge is 0.360 e. The third-order valence-electron chi connectivity index (χ3n) is 2.55. The summed E-state index contributed by atoms with van der Waals surface area (Å²) in [5.41, 5.74) is -0.0304. The Morgan fingerprint density at radius 3 is 1.85 bits per heavy atom. The molecule has 2 nitrogen and oxygen atoms in total. The van der Waals surface area contributed by atoms with E-state index in [1.807, 2.05) is 7.05 Å². The normalized spacial score (nSPS) is 11.9. The van der Waals surface area contributed by atoms with E-state index >= 15 is 0 Å². The highest BCUT2D eigenvalue weighted by Crippen LogP contribution is 2.20. The second-order valence-corrected chi connectivity index (χ2v) is 4.68. The van der Waals surface area contributed by atoms with Crippen molar-refractivity contribution in [1.29, 1.82) is 5.41 Å². The van der Waals surface area contributed by atoms with Crippen molar-refractivity contribution >= 4 is 5.84 Å².